The molecule has 0 aliphatic heterocycles. The first-order valence-corrected chi connectivity index (χ1v) is 6.56. The molecule has 5 nitrogen and oxygen atoms in total. The van der Waals surface area contributed by atoms with Crippen molar-refractivity contribution in [1.29, 1.82) is 0 Å². The van der Waals surface area contributed by atoms with Crippen LogP contribution in [0, 0.1) is 0 Å². The van der Waals surface area contributed by atoms with Crippen LogP contribution in [0.4, 0.5) is 5.69 Å². The zero-order valence-corrected chi connectivity index (χ0v) is 11.8. The average Bonchev–Trinajstić information content (AvgIpc) is 3.10. The molecule has 1 N–H and O–H groups in total. The molecule has 106 valence electrons. The van der Waals surface area contributed by atoms with E-state index in [1.54, 1.807) is 43.3 Å². The number of hydrogen-bond donors (Lipinski definition) is 1. The number of aliphatic imine (C=N–C) groups is 1. The third-order valence-electron chi connectivity index (χ3n) is 2.81. The van der Waals surface area contributed by atoms with E-state index in [1.165, 1.54) is 6.26 Å². The number of rotatable bonds is 3. The quantitative estimate of drug-likeness (QED) is 0.726. The molecule has 0 radical (unpaired) electrons. The number of oxazole rings is 1. The van der Waals surface area contributed by atoms with Crippen LogP contribution in [0.25, 0.3) is 11.7 Å². The molecule has 0 atom stereocenters. The molecule has 0 spiro atoms. The van der Waals surface area contributed by atoms with E-state index in [9.17, 15) is 5.11 Å². The molecule has 0 saturated heterocycles. The highest BCUT2D eigenvalue weighted by atomic mass is 35.5. The number of halogens is 1. The van der Waals surface area contributed by atoms with E-state index in [0.29, 0.717) is 22.2 Å². The minimum Gasteiger partial charge on any atom is -0.479 e. The van der Waals surface area contributed by atoms with Crippen molar-refractivity contribution in [1.82, 2.24) is 4.98 Å². The normalized spacial score (nSPS) is 11.8. The Labute approximate surface area is 125 Å². The van der Waals surface area contributed by atoms with Crippen LogP contribution in [0.1, 0.15) is 12.6 Å². The lowest BCUT2D eigenvalue weighted by Gasteiger charge is -1.97. The maximum atomic E-state index is 9.85. The summed E-state index contributed by atoms with van der Waals surface area (Å²) in [6.45, 7) is 1.73. The molecule has 0 aliphatic rings. The van der Waals surface area contributed by atoms with Gasteiger partial charge in [-0.2, -0.15) is 0 Å². The van der Waals surface area contributed by atoms with Gasteiger partial charge in [-0.1, -0.05) is 11.6 Å². The SMILES string of the molecule is CC(=Nc1ccc(Cl)cc1)c1nc(-c2ccco2)oc1O. The molecule has 2 aromatic heterocycles. The Hall–Kier alpha value is -2.53. The lowest BCUT2D eigenvalue weighted by Crippen LogP contribution is -1.95. The van der Waals surface area contributed by atoms with Crippen molar-refractivity contribution in [3.63, 3.8) is 0 Å². The van der Waals surface area contributed by atoms with Crippen molar-refractivity contribution in [3.05, 3.63) is 53.4 Å². The first-order chi connectivity index (χ1) is 10.1. The largest absolute Gasteiger partial charge is 0.479 e. The Balaban J connectivity index is 1.94. The van der Waals surface area contributed by atoms with Gasteiger partial charge in [0.25, 0.3) is 5.89 Å². The van der Waals surface area contributed by atoms with Crippen LogP contribution < -0.4 is 0 Å². The van der Waals surface area contributed by atoms with Crippen LogP contribution in [0.2, 0.25) is 5.02 Å². The highest BCUT2D eigenvalue weighted by Gasteiger charge is 2.17. The predicted octanol–water partition coefficient (Wildman–Crippen LogP) is 4.43. The second kappa shape index (κ2) is 5.46. The fraction of sp³-hybridized carbons (Fsp3) is 0.0667. The molecular weight excluding hydrogens is 292 g/mol. The zero-order chi connectivity index (χ0) is 14.8. The van der Waals surface area contributed by atoms with E-state index in [-0.39, 0.29) is 17.5 Å². The van der Waals surface area contributed by atoms with E-state index in [4.69, 9.17) is 20.4 Å². The van der Waals surface area contributed by atoms with Crippen molar-refractivity contribution in [2.75, 3.05) is 0 Å². The van der Waals surface area contributed by atoms with Crippen LogP contribution in [0.5, 0.6) is 5.95 Å². The summed E-state index contributed by atoms with van der Waals surface area (Å²) in [6, 6.07) is 10.4. The molecule has 3 rings (SSSR count). The minimum atomic E-state index is -0.295. The molecule has 21 heavy (non-hydrogen) atoms. The van der Waals surface area contributed by atoms with Gasteiger partial charge in [0.15, 0.2) is 11.5 Å². The molecule has 6 heteroatoms. The number of benzene rings is 1. The molecule has 0 fully saturated rings. The molecule has 0 amide bonds. The summed E-state index contributed by atoms with van der Waals surface area (Å²) >= 11 is 5.82. The third kappa shape index (κ3) is 2.83. The van der Waals surface area contributed by atoms with Crippen molar-refractivity contribution in [3.8, 4) is 17.6 Å². The van der Waals surface area contributed by atoms with E-state index >= 15 is 0 Å². The predicted molar refractivity (Wildman–Crippen MR) is 79.2 cm³/mol. The summed E-state index contributed by atoms with van der Waals surface area (Å²) in [7, 11) is 0. The first-order valence-electron chi connectivity index (χ1n) is 6.18. The van der Waals surface area contributed by atoms with Gasteiger partial charge in [-0.3, -0.25) is 4.99 Å². The second-order valence-corrected chi connectivity index (χ2v) is 4.76. The maximum Gasteiger partial charge on any atom is 0.312 e. The van der Waals surface area contributed by atoms with E-state index in [0.717, 1.165) is 0 Å². The van der Waals surface area contributed by atoms with Crippen molar-refractivity contribution in [2.45, 2.75) is 6.92 Å². The lowest BCUT2D eigenvalue weighted by molar-refractivity contribution is 0.333. The highest BCUT2D eigenvalue weighted by molar-refractivity contribution is 6.30. The number of hydrogen-bond acceptors (Lipinski definition) is 5. The molecule has 2 heterocycles. The van der Waals surface area contributed by atoms with Gasteiger partial charge in [0.05, 0.1) is 17.7 Å². The van der Waals surface area contributed by atoms with E-state index in [1.807, 2.05) is 0 Å². The van der Waals surface area contributed by atoms with E-state index in [2.05, 4.69) is 9.98 Å². The van der Waals surface area contributed by atoms with Crippen molar-refractivity contribution in [2.24, 2.45) is 4.99 Å². The van der Waals surface area contributed by atoms with Crippen LogP contribution in [0.3, 0.4) is 0 Å². The van der Waals surface area contributed by atoms with Crippen molar-refractivity contribution < 1.29 is 13.9 Å². The Bertz CT molecular complexity index is 774. The number of aromatic nitrogens is 1. The smallest absolute Gasteiger partial charge is 0.312 e. The molecule has 0 bridgehead atoms. The Morgan fingerprint density at radius 3 is 2.67 bits per heavy atom. The summed E-state index contributed by atoms with van der Waals surface area (Å²) in [5.41, 5.74) is 1.51. The van der Waals surface area contributed by atoms with Gasteiger partial charge in [-0.25, -0.2) is 4.98 Å². The van der Waals surface area contributed by atoms with Gasteiger partial charge in [0.1, 0.15) is 0 Å². The summed E-state index contributed by atoms with van der Waals surface area (Å²) in [6.07, 6.45) is 1.50. The Morgan fingerprint density at radius 2 is 2.00 bits per heavy atom. The van der Waals surface area contributed by atoms with Crippen LogP contribution >= 0.6 is 11.6 Å². The van der Waals surface area contributed by atoms with Crippen LogP contribution in [-0.2, 0) is 0 Å². The molecule has 3 aromatic rings. The fourth-order valence-electron chi connectivity index (χ4n) is 1.82. The monoisotopic (exact) mass is 302 g/mol. The Morgan fingerprint density at radius 1 is 1.24 bits per heavy atom. The maximum absolute atomic E-state index is 9.85. The minimum absolute atomic E-state index is 0.207. The summed E-state index contributed by atoms with van der Waals surface area (Å²) in [5.74, 6) is 0.352. The topological polar surface area (TPSA) is 71.8 Å². The number of aromatic hydroxyl groups is 1. The second-order valence-electron chi connectivity index (χ2n) is 4.32. The molecule has 0 saturated carbocycles. The first kappa shape index (κ1) is 13.5. The zero-order valence-electron chi connectivity index (χ0n) is 11.1. The number of nitrogens with zero attached hydrogens (tertiary/aromatic N) is 2. The molecule has 1 aromatic carbocycles. The molecule has 0 unspecified atom stereocenters. The standard InChI is InChI=1S/C15H11ClN2O3/c1-9(17-11-6-4-10(16)5-7-11)13-15(19)21-14(18-13)12-3-2-8-20-12/h2-8,19H,1H3. The van der Waals surface area contributed by atoms with Gasteiger partial charge in [-0.05, 0) is 43.3 Å². The Kier molecular flexibility index (Phi) is 3.50. The lowest BCUT2D eigenvalue weighted by atomic mass is 10.3. The van der Waals surface area contributed by atoms with Gasteiger partial charge >= 0.3 is 5.95 Å². The van der Waals surface area contributed by atoms with E-state index < -0.39 is 0 Å². The molecule has 0 aliphatic carbocycles. The molecular formula is C15H11ClN2O3. The summed E-state index contributed by atoms with van der Waals surface area (Å²) in [4.78, 5) is 8.57. The van der Waals surface area contributed by atoms with Gasteiger partial charge in [0, 0.05) is 5.02 Å². The summed E-state index contributed by atoms with van der Waals surface area (Å²) < 4.78 is 10.4. The number of furan rings is 1. The van der Waals surface area contributed by atoms with Gasteiger partial charge < -0.3 is 13.9 Å². The third-order valence-corrected chi connectivity index (χ3v) is 3.06. The van der Waals surface area contributed by atoms with Gasteiger partial charge in [-0.15, -0.1) is 0 Å². The van der Waals surface area contributed by atoms with Crippen LogP contribution in [-0.4, -0.2) is 15.8 Å². The fourth-order valence-corrected chi connectivity index (χ4v) is 1.94. The van der Waals surface area contributed by atoms with Crippen LogP contribution in [0.15, 0.2) is 56.5 Å². The van der Waals surface area contributed by atoms with Crippen molar-refractivity contribution >= 4 is 23.0 Å². The highest BCUT2D eigenvalue weighted by Crippen LogP contribution is 2.28. The van der Waals surface area contributed by atoms with Gasteiger partial charge in [0.2, 0.25) is 0 Å². The average molecular weight is 303 g/mol. The summed E-state index contributed by atoms with van der Waals surface area (Å²) in [5, 5.41) is 10.5.